The second-order valence-corrected chi connectivity index (χ2v) is 6.08. The highest BCUT2D eigenvalue weighted by molar-refractivity contribution is 5.91. The van der Waals surface area contributed by atoms with Gasteiger partial charge in [0.05, 0.1) is 5.52 Å². The van der Waals surface area contributed by atoms with Crippen molar-refractivity contribution in [1.82, 2.24) is 4.57 Å². The summed E-state index contributed by atoms with van der Waals surface area (Å²) >= 11 is 0. The zero-order chi connectivity index (χ0) is 15.6. The van der Waals surface area contributed by atoms with Crippen molar-refractivity contribution in [2.24, 2.45) is 0 Å². The van der Waals surface area contributed by atoms with Gasteiger partial charge in [0.2, 0.25) is 0 Å². The lowest BCUT2D eigenvalue weighted by atomic mass is 10.2. The predicted molar refractivity (Wildman–Crippen MR) is 87.1 cm³/mol. The number of hydrogen-bond acceptors (Lipinski definition) is 3. The lowest BCUT2D eigenvalue weighted by Gasteiger charge is -2.21. The van der Waals surface area contributed by atoms with E-state index in [0.717, 1.165) is 24.0 Å². The SMILES string of the molecule is CCN(CC)c1ccc2c(ccn2C(=O)OC(C)(C)C)c1. The number of anilines is 1. The van der Waals surface area contributed by atoms with Crippen LogP contribution in [-0.4, -0.2) is 29.4 Å². The minimum Gasteiger partial charge on any atom is -0.443 e. The predicted octanol–water partition coefficient (Wildman–Crippen LogP) is 4.27. The van der Waals surface area contributed by atoms with E-state index in [1.807, 2.05) is 32.9 Å². The van der Waals surface area contributed by atoms with Gasteiger partial charge in [0.25, 0.3) is 0 Å². The Morgan fingerprint density at radius 1 is 1.19 bits per heavy atom. The van der Waals surface area contributed by atoms with Crippen molar-refractivity contribution in [3.05, 3.63) is 30.5 Å². The maximum atomic E-state index is 12.2. The van der Waals surface area contributed by atoms with Crippen LogP contribution in [0.25, 0.3) is 10.9 Å². The third-order valence-electron chi connectivity index (χ3n) is 3.39. The van der Waals surface area contributed by atoms with Crippen molar-refractivity contribution in [3.63, 3.8) is 0 Å². The van der Waals surface area contributed by atoms with E-state index in [0.29, 0.717) is 0 Å². The third-order valence-corrected chi connectivity index (χ3v) is 3.39. The summed E-state index contributed by atoms with van der Waals surface area (Å²) in [6, 6.07) is 8.10. The highest BCUT2D eigenvalue weighted by atomic mass is 16.6. The van der Waals surface area contributed by atoms with Crippen LogP contribution < -0.4 is 4.90 Å². The number of ether oxygens (including phenoxy) is 1. The van der Waals surface area contributed by atoms with Crippen LogP contribution in [0.2, 0.25) is 0 Å². The van der Waals surface area contributed by atoms with Crippen molar-refractivity contribution >= 4 is 22.7 Å². The van der Waals surface area contributed by atoms with Gasteiger partial charge in [-0.2, -0.15) is 0 Å². The van der Waals surface area contributed by atoms with Gasteiger partial charge >= 0.3 is 6.09 Å². The number of benzene rings is 1. The largest absolute Gasteiger partial charge is 0.443 e. The molecule has 0 saturated carbocycles. The number of hydrogen-bond donors (Lipinski definition) is 0. The topological polar surface area (TPSA) is 34.5 Å². The van der Waals surface area contributed by atoms with E-state index in [-0.39, 0.29) is 6.09 Å². The zero-order valence-electron chi connectivity index (χ0n) is 13.5. The van der Waals surface area contributed by atoms with Crippen LogP contribution in [0.1, 0.15) is 34.6 Å². The van der Waals surface area contributed by atoms with Gasteiger partial charge in [0, 0.05) is 30.4 Å². The van der Waals surface area contributed by atoms with Crippen molar-refractivity contribution < 1.29 is 9.53 Å². The van der Waals surface area contributed by atoms with Crippen molar-refractivity contribution in [1.29, 1.82) is 0 Å². The van der Waals surface area contributed by atoms with Gasteiger partial charge in [-0.1, -0.05) is 0 Å². The average Bonchev–Trinajstić information content (AvgIpc) is 2.81. The standard InChI is InChI=1S/C17H24N2O2/c1-6-18(7-2)14-8-9-15-13(12-14)10-11-19(15)16(20)21-17(3,4)5/h8-12H,6-7H2,1-5H3. The molecule has 0 atom stereocenters. The minimum atomic E-state index is -0.491. The van der Waals surface area contributed by atoms with E-state index < -0.39 is 5.60 Å². The number of rotatable bonds is 3. The number of aromatic nitrogens is 1. The molecule has 21 heavy (non-hydrogen) atoms. The van der Waals surface area contributed by atoms with E-state index in [2.05, 4.69) is 30.9 Å². The monoisotopic (exact) mass is 288 g/mol. The number of carbonyl (C=O) groups excluding carboxylic acids is 1. The molecule has 0 amide bonds. The molecule has 2 rings (SSSR count). The van der Waals surface area contributed by atoms with Crippen LogP contribution in [0.15, 0.2) is 30.5 Å². The Hall–Kier alpha value is -1.97. The van der Waals surface area contributed by atoms with Crippen LogP contribution in [-0.2, 0) is 4.74 Å². The lowest BCUT2D eigenvalue weighted by Crippen LogP contribution is -2.26. The zero-order valence-corrected chi connectivity index (χ0v) is 13.5. The van der Waals surface area contributed by atoms with Gasteiger partial charge in [-0.05, 0) is 58.9 Å². The first-order chi connectivity index (χ1) is 9.85. The van der Waals surface area contributed by atoms with Crippen LogP contribution in [0.4, 0.5) is 10.5 Å². The Morgan fingerprint density at radius 2 is 1.86 bits per heavy atom. The Bertz CT molecular complexity index is 634. The lowest BCUT2D eigenvalue weighted by molar-refractivity contribution is 0.0544. The Kier molecular flexibility index (Phi) is 4.26. The third kappa shape index (κ3) is 3.38. The Balaban J connectivity index is 2.35. The first-order valence-corrected chi connectivity index (χ1v) is 7.45. The highest BCUT2D eigenvalue weighted by Gasteiger charge is 2.19. The molecule has 4 nitrogen and oxygen atoms in total. The van der Waals surface area contributed by atoms with E-state index in [1.165, 1.54) is 5.69 Å². The van der Waals surface area contributed by atoms with E-state index in [4.69, 9.17) is 4.74 Å². The maximum absolute atomic E-state index is 12.2. The molecule has 0 aliphatic rings. The van der Waals surface area contributed by atoms with E-state index in [9.17, 15) is 4.79 Å². The number of carbonyl (C=O) groups is 1. The summed E-state index contributed by atoms with van der Waals surface area (Å²) < 4.78 is 6.99. The van der Waals surface area contributed by atoms with Gasteiger partial charge in [0.1, 0.15) is 5.60 Å². The normalized spacial score (nSPS) is 11.7. The smallest absolute Gasteiger partial charge is 0.418 e. The second-order valence-electron chi connectivity index (χ2n) is 6.08. The number of fused-ring (bicyclic) bond motifs is 1. The molecule has 0 saturated heterocycles. The van der Waals surface area contributed by atoms with Crippen molar-refractivity contribution in [2.75, 3.05) is 18.0 Å². The molecule has 1 aromatic heterocycles. The quantitative estimate of drug-likeness (QED) is 0.846. The number of nitrogens with zero attached hydrogens (tertiary/aromatic N) is 2. The fraction of sp³-hybridized carbons (Fsp3) is 0.471. The first kappa shape index (κ1) is 15.4. The van der Waals surface area contributed by atoms with Crippen LogP contribution in [0, 0.1) is 0 Å². The molecule has 0 unspecified atom stereocenters. The molecule has 4 heteroatoms. The molecular formula is C17H24N2O2. The summed E-state index contributed by atoms with van der Waals surface area (Å²) in [6.07, 6.45) is 1.43. The molecule has 1 aromatic carbocycles. The van der Waals surface area contributed by atoms with Gasteiger partial charge in [-0.3, -0.25) is 4.57 Å². The summed E-state index contributed by atoms with van der Waals surface area (Å²) in [4.78, 5) is 14.5. The van der Waals surface area contributed by atoms with E-state index in [1.54, 1.807) is 10.8 Å². The summed E-state index contributed by atoms with van der Waals surface area (Å²) in [6.45, 7) is 11.8. The fourth-order valence-electron chi connectivity index (χ4n) is 2.39. The van der Waals surface area contributed by atoms with Gasteiger partial charge in [-0.15, -0.1) is 0 Å². The molecule has 2 aromatic rings. The first-order valence-electron chi connectivity index (χ1n) is 7.45. The van der Waals surface area contributed by atoms with Crippen molar-refractivity contribution in [2.45, 2.75) is 40.2 Å². The van der Waals surface area contributed by atoms with Gasteiger partial charge < -0.3 is 9.64 Å². The van der Waals surface area contributed by atoms with Crippen LogP contribution in [0.5, 0.6) is 0 Å². The fourth-order valence-corrected chi connectivity index (χ4v) is 2.39. The molecular weight excluding hydrogens is 264 g/mol. The minimum absolute atomic E-state index is 0.340. The molecule has 114 valence electrons. The summed E-state index contributed by atoms with van der Waals surface area (Å²) in [5.74, 6) is 0. The molecule has 0 fully saturated rings. The molecule has 1 heterocycles. The molecule has 0 bridgehead atoms. The van der Waals surface area contributed by atoms with E-state index >= 15 is 0 Å². The maximum Gasteiger partial charge on any atom is 0.418 e. The second kappa shape index (κ2) is 5.80. The Morgan fingerprint density at radius 3 is 2.43 bits per heavy atom. The Labute approximate surface area is 126 Å². The van der Waals surface area contributed by atoms with Crippen molar-refractivity contribution in [3.8, 4) is 0 Å². The molecule has 0 aliphatic heterocycles. The molecule has 0 radical (unpaired) electrons. The summed E-state index contributed by atoms with van der Waals surface area (Å²) in [7, 11) is 0. The highest BCUT2D eigenvalue weighted by Crippen LogP contribution is 2.24. The van der Waals surface area contributed by atoms with Crippen LogP contribution in [0.3, 0.4) is 0 Å². The molecule has 0 N–H and O–H groups in total. The summed E-state index contributed by atoms with van der Waals surface area (Å²) in [5, 5.41) is 1.05. The summed E-state index contributed by atoms with van der Waals surface area (Å²) in [5.41, 5.74) is 1.56. The van der Waals surface area contributed by atoms with Gasteiger partial charge in [-0.25, -0.2) is 4.79 Å². The van der Waals surface area contributed by atoms with Crippen LogP contribution >= 0.6 is 0 Å². The van der Waals surface area contributed by atoms with Gasteiger partial charge in [0.15, 0.2) is 0 Å². The molecule has 0 aliphatic carbocycles. The average molecular weight is 288 g/mol. The molecule has 0 spiro atoms.